The van der Waals surface area contributed by atoms with Crippen LogP contribution >= 0.6 is 0 Å². The van der Waals surface area contributed by atoms with Gasteiger partial charge < -0.3 is 9.84 Å². The van der Waals surface area contributed by atoms with Crippen molar-refractivity contribution >= 4 is 0 Å². The Morgan fingerprint density at radius 3 is 2.41 bits per heavy atom. The number of nitrogens with zero attached hydrogens (tertiary/aromatic N) is 1. The first kappa shape index (κ1) is 21.1. The number of phenols is 1. The summed E-state index contributed by atoms with van der Waals surface area (Å²) in [5.41, 5.74) is 5.30. The van der Waals surface area contributed by atoms with Gasteiger partial charge in [0.1, 0.15) is 18.1 Å². The molecule has 2 aliphatic rings. The molecule has 1 fully saturated rings. The van der Waals surface area contributed by atoms with Crippen LogP contribution in [0.2, 0.25) is 0 Å². The van der Waals surface area contributed by atoms with Crippen molar-refractivity contribution in [2.24, 2.45) is 0 Å². The zero-order valence-electron chi connectivity index (χ0n) is 18.7. The molecule has 0 bridgehead atoms. The number of hydrogen-bond acceptors (Lipinski definition) is 3. The molecule has 3 aromatic rings. The Labute approximate surface area is 191 Å². The molecule has 1 N–H and O–H groups in total. The van der Waals surface area contributed by atoms with Gasteiger partial charge >= 0.3 is 0 Å². The van der Waals surface area contributed by atoms with Crippen LogP contribution in [0.5, 0.6) is 11.5 Å². The molecule has 0 amide bonds. The lowest BCUT2D eigenvalue weighted by atomic mass is 9.69. The Morgan fingerprint density at radius 1 is 0.844 bits per heavy atom. The van der Waals surface area contributed by atoms with Gasteiger partial charge in [-0.1, -0.05) is 55.0 Å². The lowest BCUT2D eigenvalue weighted by Crippen LogP contribution is -2.33. The summed E-state index contributed by atoms with van der Waals surface area (Å²) < 4.78 is 6.07. The molecule has 166 valence electrons. The largest absolute Gasteiger partial charge is 0.508 e. The minimum absolute atomic E-state index is 0.282. The van der Waals surface area contributed by atoms with E-state index in [1.807, 2.05) is 12.1 Å². The number of fused-ring (bicyclic) bond motifs is 1. The van der Waals surface area contributed by atoms with Crippen molar-refractivity contribution in [3.63, 3.8) is 0 Å². The van der Waals surface area contributed by atoms with Crippen LogP contribution in [0.3, 0.4) is 0 Å². The zero-order valence-corrected chi connectivity index (χ0v) is 18.7. The van der Waals surface area contributed by atoms with Gasteiger partial charge in [0.25, 0.3) is 0 Å². The molecule has 3 heteroatoms. The molecule has 1 aliphatic heterocycles. The van der Waals surface area contributed by atoms with Crippen molar-refractivity contribution in [3.05, 3.63) is 95.1 Å². The van der Waals surface area contributed by atoms with Crippen LogP contribution in [-0.4, -0.2) is 36.2 Å². The first-order valence-electron chi connectivity index (χ1n) is 12.1. The number of aromatic hydroxyl groups is 1. The molecule has 1 saturated heterocycles. The number of hydrogen-bond donors (Lipinski definition) is 1. The van der Waals surface area contributed by atoms with Crippen molar-refractivity contribution in [1.29, 1.82) is 0 Å². The molecule has 5 rings (SSSR count). The Bertz CT molecular complexity index is 1010. The highest BCUT2D eigenvalue weighted by molar-refractivity contribution is 5.48. The molecule has 1 aliphatic carbocycles. The highest BCUT2D eigenvalue weighted by Gasteiger charge is 2.32. The topological polar surface area (TPSA) is 32.7 Å². The summed E-state index contributed by atoms with van der Waals surface area (Å²) in [5, 5.41) is 10.0. The third kappa shape index (κ3) is 4.68. The molecule has 2 atom stereocenters. The molecular formula is C29H33NO2. The third-order valence-corrected chi connectivity index (χ3v) is 7.18. The van der Waals surface area contributed by atoms with E-state index in [1.54, 1.807) is 0 Å². The number of ether oxygens (including phenoxy) is 1. The van der Waals surface area contributed by atoms with Gasteiger partial charge in [0.15, 0.2) is 0 Å². The first-order chi connectivity index (χ1) is 15.8. The highest BCUT2D eigenvalue weighted by Crippen LogP contribution is 2.47. The summed E-state index contributed by atoms with van der Waals surface area (Å²) in [6, 6.07) is 25.5. The maximum absolute atomic E-state index is 10.0. The van der Waals surface area contributed by atoms with Crippen molar-refractivity contribution in [2.45, 2.75) is 43.9 Å². The molecule has 0 aromatic heterocycles. The van der Waals surface area contributed by atoms with Gasteiger partial charge in [0, 0.05) is 12.5 Å². The molecule has 2 unspecified atom stereocenters. The van der Waals surface area contributed by atoms with Gasteiger partial charge in [-0.2, -0.15) is 0 Å². The second kappa shape index (κ2) is 9.79. The number of phenolic OH excluding ortho intramolecular Hbond substituents is 1. The normalized spacial score (nSPS) is 21.1. The van der Waals surface area contributed by atoms with Crippen molar-refractivity contribution < 1.29 is 9.84 Å². The average Bonchev–Trinajstić information content (AvgIpc) is 2.85. The Hall–Kier alpha value is -2.78. The Balaban J connectivity index is 1.35. The van der Waals surface area contributed by atoms with E-state index in [4.69, 9.17) is 4.74 Å². The summed E-state index contributed by atoms with van der Waals surface area (Å²) in [6.45, 7) is 4.18. The summed E-state index contributed by atoms with van der Waals surface area (Å²) in [7, 11) is 0. The van der Waals surface area contributed by atoms with Gasteiger partial charge in [-0.3, -0.25) is 4.90 Å². The fourth-order valence-electron chi connectivity index (χ4n) is 5.52. The van der Waals surface area contributed by atoms with Crippen molar-refractivity contribution in [3.8, 4) is 11.5 Å². The summed E-state index contributed by atoms with van der Waals surface area (Å²) in [5.74, 6) is 2.02. The minimum Gasteiger partial charge on any atom is -0.508 e. The zero-order chi connectivity index (χ0) is 21.8. The molecule has 3 nitrogen and oxygen atoms in total. The predicted molar refractivity (Wildman–Crippen MR) is 130 cm³/mol. The number of piperidine rings is 1. The quantitative estimate of drug-likeness (QED) is 0.514. The molecule has 0 spiro atoms. The molecule has 3 aromatic carbocycles. The molecular weight excluding hydrogens is 394 g/mol. The Morgan fingerprint density at radius 2 is 1.62 bits per heavy atom. The number of aryl methyl sites for hydroxylation is 1. The van der Waals surface area contributed by atoms with Crippen LogP contribution in [0.15, 0.2) is 72.8 Å². The number of rotatable bonds is 6. The van der Waals surface area contributed by atoms with Gasteiger partial charge in [-0.25, -0.2) is 0 Å². The first-order valence-corrected chi connectivity index (χ1v) is 12.1. The van der Waals surface area contributed by atoms with Gasteiger partial charge in [0.05, 0.1) is 0 Å². The molecule has 32 heavy (non-hydrogen) atoms. The summed E-state index contributed by atoms with van der Waals surface area (Å²) in [4.78, 5) is 2.51. The maximum atomic E-state index is 10.0. The number of benzene rings is 3. The van der Waals surface area contributed by atoms with Gasteiger partial charge in [-0.05, 0) is 91.2 Å². The van der Waals surface area contributed by atoms with Crippen molar-refractivity contribution in [1.82, 2.24) is 4.90 Å². The van der Waals surface area contributed by atoms with Crippen LogP contribution in [0.1, 0.15) is 59.8 Å². The standard InChI is InChI=1S/C29H33NO2/c31-25-12-16-28-24(21-25)11-15-27(22-7-3-1-4-8-22)29(28)23-9-13-26(14-10-23)32-20-19-30-17-5-2-6-18-30/h1,3-4,7-10,12-14,16,21,27,29,31H,2,5-6,11,15,17-20H2. The van der Waals surface area contributed by atoms with Crippen LogP contribution in [0, 0.1) is 0 Å². The smallest absolute Gasteiger partial charge is 0.119 e. The van der Waals surface area contributed by atoms with E-state index in [0.29, 0.717) is 11.7 Å². The van der Waals surface area contributed by atoms with Crippen LogP contribution in [0.4, 0.5) is 0 Å². The molecule has 0 radical (unpaired) electrons. The van der Waals surface area contributed by atoms with Crippen LogP contribution in [-0.2, 0) is 6.42 Å². The van der Waals surface area contributed by atoms with E-state index in [1.165, 1.54) is 54.6 Å². The monoisotopic (exact) mass is 427 g/mol. The maximum Gasteiger partial charge on any atom is 0.119 e. The minimum atomic E-state index is 0.282. The van der Waals surface area contributed by atoms with E-state index in [0.717, 1.165) is 31.7 Å². The van der Waals surface area contributed by atoms with Crippen LogP contribution in [0.25, 0.3) is 0 Å². The second-order valence-electron chi connectivity index (χ2n) is 9.24. The molecule has 0 saturated carbocycles. The van der Waals surface area contributed by atoms with E-state index in [-0.39, 0.29) is 5.92 Å². The Kier molecular flexibility index (Phi) is 6.45. The van der Waals surface area contributed by atoms with Crippen LogP contribution < -0.4 is 4.74 Å². The SMILES string of the molecule is Oc1ccc2c(c1)CCC(c1ccccc1)C2c1ccc(OCCN2CCCCC2)cc1. The average molecular weight is 428 g/mol. The highest BCUT2D eigenvalue weighted by atomic mass is 16.5. The third-order valence-electron chi connectivity index (χ3n) is 7.18. The van der Waals surface area contributed by atoms with E-state index in [2.05, 4.69) is 65.6 Å². The van der Waals surface area contributed by atoms with E-state index < -0.39 is 0 Å². The lowest BCUT2D eigenvalue weighted by molar-refractivity contribution is 0.183. The second-order valence-corrected chi connectivity index (χ2v) is 9.24. The lowest BCUT2D eigenvalue weighted by Gasteiger charge is -2.35. The summed E-state index contributed by atoms with van der Waals surface area (Å²) in [6.07, 6.45) is 6.08. The van der Waals surface area contributed by atoms with E-state index in [9.17, 15) is 5.11 Å². The summed E-state index contributed by atoms with van der Waals surface area (Å²) >= 11 is 0. The number of likely N-dealkylation sites (tertiary alicyclic amines) is 1. The van der Waals surface area contributed by atoms with Gasteiger partial charge in [0.2, 0.25) is 0 Å². The molecule has 1 heterocycles. The van der Waals surface area contributed by atoms with E-state index >= 15 is 0 Å². The fraction of sp³-hybridized carbons (Fsp3) is 0.379. The van der Waals surface area contributed by atoms with Crippen molar-refractivity contribution in [2.75, 3.05) is 26.2 Å². The predicted octanol–water partition coefficient (Wildman–Crippen LogP) is 6.12. The van der Waals surface area contributed by atoms with Gasteiger partial charge in [-0.15, -0.1) is 0 Å². The fourth-order valence-corrected chi connectivity index (χ4v) is 5.52.